The Morgan fingerprint density at radius 3 is 2.39 bits per heavy atom. The third-order valence-electron chi connectivity index (χ3n) is 7.33. The third-order valence-corrected chi connectivity index (χ3v) is 8.13. The monoisotopic (exact) mass is 530 g/mol. The van der Waals surface area contributed by atoms with Crippen molar-refractivity contribution in [1.82, 2.24) is 14.8 Å². The number of hydrogen-bond acceptors (Lipinski definition) is 5. The van der Waals surface area contributed by atoms with Gasteiger partial charge in [-0.3, -0.25) is 14.4 Å². The smallest absolute Gasteiger partial charge is 0.254 e. The Morgan fingerprint density at radius 2 is 1.71 bits per heavy atom. The minimum atomic E-state index is -0.273. The Balaban J connectivity index is 1.09. The first-order valence-corrected chi connectivity index (χ1v) is 14.3. The Kier molecular flexibility index (Phi) is 8.17. The molecular weight excluding hydrogens is 496 g/mol. The van der Waals surface area contributed by atoms with Crippen LogP contribution in [-0.2, 0) is 22.4 Å². The van der Waals surface area contributed by atoms with Crippen LogP contribution in [0.4, 0.5) is 5.13 Å². The fraction of sp³-hybridized carbons (Fsp3) is 0.400. The quantitative estimate of drug-likeness (QED) is 0.434. The second-order valence-corrected chi connectivity index (χ2v) is 11.3. The van der Waals surface area contributed by atoms with Gasteiger partial charge in [0.25, 0.3) is 5.91 Å². The molecule has 1 saturated carbocycles. The maximum Gasteiger partial charge on any atom is 0.254 e. The number of thiazole rings is 1. The van der Waals surface area contributed by atoms with Gasteiger partial charge in [-0.15, -0.1) is 11.3 Å². The number of piperidine rings is 1. The van der Waals surface area contributed by atoms with E-state index in [9.17, 15) is 14.4 Å². The van der Waals surface area contributed by atoms with Crippen LogP contribution in [0.5, 0.6) is 0 Å². The van der Waals surface area contributed by atoms with E-state index in [0.717, 1.165) is 50.8 Å². The molecule has 3 amide bonds. The Labute approximate surface area is 227 Å². The van der Waals surface area contributed by atoms with Crippen LogP contribution >= 0.6 is 11.3 Å². The number of anilines is 1. The Bertz CT molecular complexity index is 1260. The minimum absolute atomic E-state index is 0.0108. The molecule has 8 heteroatoms. The molecule has 1 saturated heterocycles. The van der Waals surface area contributed by atoms with E-state index in [1.807, 2.05) is 35.4 Å². The van der Waals surface area contributed by atoms with Gasteiger partial charge in [-0.25, -0.2) is 4.98 Å². The number of hydrogen-bond donors (Lipinski definition) is 1. The molecule has 0 unspecified atom stereocenters. The van der Waals surface area contributed by atoms with E-state index in [-0.39, 0.29) is 36.7 Å². The molecule has 1 aliphatic heterocycles. The van der Waals surface area contributed by atoms with Crippen molar-refractivity contribution in [1.29, 1.82) is 0 Å². The van der Waals surface area contributed by atoms with Crippen LogP contribution in [0.3, 0.4) is 0 Å². The summed E-state index contributed by atoms with van der Waals surface area (Å²) in [6.45, 7) is 3.51. The largest absolute Gasteiger partial charge is 0.342 e. The van der Waals surface area contributed by atoms with Crippen molar-refractivity contribution < 1.29 is 14.4 Å². The first-order chi connectivity index (χ1) is 18.4. The molecule has 1 aliphatic carbocycles. The van der Waals surface area contributed by atoms with E-state index in [1.54, 1.807) is 17.0 Å². The number of nitrogens with one attached hydrogen (secondary N) is 1. The summed E-state index contributed by atoms with van der Waals surface area (Å²) in [5.41, 5.74) is 3.70. The summed E-state index contributed by atoms with van der Waals surface area (Å²) in [4.78, 5) is 46.7. The van der Waals surface area contributed by atoms with Crippen LogP contribution < -0.4 is 5.32 Å². The highest BCUT2D eigenvalue weighted by Crippen LogP contribution is 2.28. The molecule has 2 fully saturated rings. The number of aryl methyl sites for hydroxylation is 1. The molecular formula is C30H34N4O3S. The number of nitrogens with zero attached hydrogens (tertiary/aromatic N) is 3. The van der Waals surface area contributed by atoms with Crippen LogP contribution in [0, 0.1) is 12.8 Å². The lowest BCUT2D eigenvalue weighted by atomic mass is 9.90. The van der Waals surface area contributed by atoms with Crippen LogP contribution in [0.1, 0.15) is 52.9 Å². The highest BCUT2D eigenvalue weighted by Gasteiger charge is 2.34. The number of aromatic nitrogens is 1. The molecule has 198 valence electrons. The Hall–Kier alpha value is -3.52. The first kappa shape index (κ1) is 26.1. The molecule has 3 aromatic rings. The maximum atomic E-state index is 13.0. The zero-order chi connectivity index (χ0) is 26.5. The molecule has 5 rings (SSSR count). The topological polar surface area (TPSA) is 82.6 Å². The summed E-state index contributed by atoms with van der Waals surface area (Å²) < 4.78 is 0. The Morgan fingerprint density at radius 1 is 1.00 bits per heavy atom. The summed E-state index contributed by atoms with van der Waals surface area (Å²) in [6, 6.07) is 18.1. The number of likely N-dealkylation sites (tertiary alicyclic amines) is 1. The second kappa shape index (κ2) is 11.9. The summed E-state index contributed by atoms with van der Waals surface area (Å²) >= 11 is 1.31. The SMILES string of the molecule is Cc1ccc(C(=O)N(CC(=O)Nc2nc(CC(=O)N3CCC(Cc4ccccc4)CC3)cs2)C2CC2)cc1. The lowest BCUT2D eigenvalue weighted by Gasteiger charge is -2.32. The van der Waals surface area contributed by atoms with Gasteiger partial charge in [0.15, 0.2) is 5.13 Å². The molecule has 2 aliphatic rings. The fourth-order valence-electron chi connectivity index (χ4n) is 4.97. The number of benzene rings is 2. The van der Waals surface area contributed by atoms with E-state index in [0.29, 0.717) is 22.3 Å². The summed E-state index contributed by atoms with van der Waals surface area (Å²) in [7, 11) is 0. The van der Waals surface area contributed by atoms with Gasteiger partial charge in [0.1, 0.15) is 6.54 Å². The van der Waals surface area contributed by atoms with Gasteiger partial charge in [0, 0.05) is 30.1 Å². The minimum Gasteiger partial charge on any atom is -0.342 e. The first-order valence-electron chi connectivity index (χ1n) is 13.4. The molecule has 0 atom stereocenters. The van der Waals surface area contributed by atoms with E-state index >= 15 is 0 Å². The summed E-state index contributed by atoms with van der Waals surface area (Å²) in [6.07, 6.45) is 5.15. The van der Waals surface area contributed by atoms with Gasteiger partial charge in [-0.2, -0.15) is 0 Å². The standard InChI is InChI=1S/C30H34N4O3S/c1-21-7-9-24(10-8-21)29(37)34(26-11-12-26)19-27(35)32-30-31-25(20-38-30)18-28(36)33-15-13-23(14-16-33)17-22-5-3-2-4-6-22/h2-10,20,23,26H,11-19H2,1H3,(H,31,32,35). The van der Waals surface area contributed by atoms with Crippen molar-refractivity contribution in [2.45, 2.75) is 51.5 Å². The predicted octanol–water partition coefficient (Wildman–Crippen LogP) is 4.72. The van der Waals surface area contributed by atoms with Crippen LogP contribution in [0.15, 0.2) is 60.0 Å². The molecule has 38 heavy (non-hydrogen) atoms. The third kappa shape index (κ3) is 6.86. The molecule has 7 nitrogen and oxygen atoms in total. The van der Waals surface area contributed by atoms with E-state index in [4.69, 9.17) is 0 Å². The lowest BCUT2D eigenvalue weighted by molar-refractivity contribution is -0.131. The van der Waals surface area contributed by atoms with Crippen molar-refractivity contribution in [3.8, 4) is 0 Å². The van der Waals surface area contributed by atoms with Gasteiger partial charge >= 0.3 is 0 Å². The molecule has 2 aromatic carbocycles. The normalized spacial score (nSPS) is 15.8. The van der Waals surface area contributed by atoms with E-state index in [1.165, 1.54) is 16.9 Å². The molecule has 0 bridgehead atoms. The number of carbonyl (C=O) groups excluding carboxylic acids is 3. The number of rotatable bonds is 9. The average Bonchev–Trinajstić information content (AvgIpc) is 3.68. The highest BCUT2D eigenvalue weighted by molar-refractivity contribution is 7.13. The number of carbonyl (C=O) groups is 3. The van der Waals surface area contributed by atoms with Gasteiger partial charge in [-0.1, -0.05) is 48.0 Å². The van der Waals surface area contributed by atoms with Crippen LogP contribution in [-0.4, -0.2) is 58.2 Å². The molecule has 0 radical (unpaired) electrons. The van der Waals surface area contributed by atoms with Crippen molar-refractivity contribution in [3.05, 3.63) is 82.4 Å². The van der Waals surface area contributed by atoms with E-state index < -0.39 is 0 Å². The van der Waals surface area contributed by atoms with Gasteiger partial charge < -0.3 is 15.1 Å². The molecule has 0 spiro atoms. The van der Waals surface area contributed by atoms with Crippen molar-refractivity contribution in [2.75, 3.05) is 25.0 Å². The van der Waals surface area contributed by atoms with Crippen molar-refractivity contribution >= 4 is 34.2 Å². The summed E-state index contributed by atoms with van der Waals surface area (Å²) in [5, 5.41) is 5.10. The van der Waals surface area contributed by atoms with Gasteiger partial charge in [-0.05, 0) is 62.6 Å². The van der Waals surface area contributed by atoms with Crippen LogP contribution in [0.25, 0.3) is 0 Å². The highest BCUT2D eigenvalue weighted by atomic mass is 32.1. The zero-order valence-corrected chi connectivity index (χ0v) is 22.6. The van der Waals surface area contributed by atoms with Crippen molar-refractivity contribution in [3.63, 3.8) is 0 Å². The fourth-order valence-corrected chi connectivity index (χ4v) is 5.70. The molecule has 1 N–H and O–H groups in total. The van der Waals surface area contributed by atoms with Crippen LogP contribution in [0.2, 0.25) is 0 Å². The number of amides is 3. The molecule has 2 heterocycles. The van der Waals surface area contributed by atoms with Gasteiger partial charge in [0.2, 0.25) is 11.8 Å². The lowest BCUT2D eigenvalue weighted by Crippen LogP contribution is -2.40. The van der Waals surface area contributed by atoms with E-state index in [2.05, 4.69) is 34.6 Å². The predicted molar refractivity (Wildman–Crippen MR) is 149 cm³/mol. The van der Waals surface area contributed by atoms with Crippen molar-refractivity contribution in [2.24, 2.45) is 5.92 Å². The zero-order valence-electron chi connectivity index (χ0n) is 21.8. The molecule has 1 aromatic heterocycles. The average molecular weight is 531 g/mol. The summed E-state index contributed by atoms with van der Waals surface area (Å²) in [5.74, 6) is 0.288. The van der Waals surface area contributed by atoms with Gasteiger partial charge in [0.05, 0.1) is 12.1 Å². The second-order valence-electron chi connectivity index (χ2n) is 10.4. The maximum absolute atomic E-state index is 13.0.